The van der Waals surface area contributed by atoms with E-state index in [4.69, 9.17) is 4.74 Å². The molecule has 1 saturated heterocycles. The first-order chi connectivity index (χ1) is 13.3. The van der Waals surface area contributed by atoms with Gasteiger partial charge in [-0.3, -0.25) is 4.72 Å². The molecule has 0 aliphatic carbocycles. The summed E-state index contributed by atoms with van der Waals surface area (Å²) < 4.78 is 33.8. The van der Waals surface area contributed by atoms with Crippen molar-refractivity contribution < 1.29 is 23.1 Å². The number of rotatable bonds is 6. The van der Waals surface area contributed by atoms with E-state index in [1.807, 2.05) is 16.7 Å². The molecule has 1 heterocycles. The Labute approximate surface area is 176 Å². The second kappa shape index (κ2) is 8.62. The molecule has 0 bridgehead atoms. The zero-order valence-corrected chi connectivity index (χ0v) is 18.2. The molecule has 2 N–H and O–H groups in total. The summed E-state index contributed by atoms with van der Waals surface area (Å²) in [5.74, 6) is 0.942. The molecule has 28 heavy (non-hydrogen) atoms. The van der Waals surface area contributed by atoms with Crippen molar-refractivity contribution in [1.29, 1.82) is 0 Å². The van der Waals surface area contributed by atoms with Gasteiger partial charge in [-0.25, -0.2) is 13.2 Å². The Morgan fingerprint density at radius 3 is 2.57 bits per heavy atom. The highest BCUT2D eigenvalue weighted by Crippen LogP contribution is 2.31. The molecule has 0 unspecified atom stereocenters. The van der Waals surface area contributed by atoms with Crippen molar-refractivity contribution in [3.63, 3.8) is 0 Å². The number of sulfonamides is 1. The number of methoxy groups -OCH3 is 1. The second-order valence-electron chi connectivity index (χ2n) is 6.04. The van der Waals surface area contributed by atoms with Crippen molar-refractivity contribution in [2.24, 2.45) is 0 Å². The lowest BCUT2D eigenvalue weighted by Crippen LogP contribution is -2.33. The fraction of sp³-hybridized carbons (Fsp3) is 0.278. The van der Waals surface area contributed by atoms with Gasteiger partial charge in [0.25, 0.3) is 10.0 Å². The number of halogens is 1. The second-order valence-corrected chi connectivity index (χ2v) is 9.83. The Morgan fingerprint density at radius 2 is 1.93 bits per heavy atom. The Hall–Kier alpha value is -1.91. The van der Waals surface area contributed by atoms with Crippen LogP contribution in [0.15, 0.2) is 45.8 Å². The third kappa shape index (κ3) is 4.56. The minimum absolute atomic E-state index is 0.0432. The molecule has 0 amide bonds. The van der Waals surface area contributed by atoms with Crippen molar-refractivity contribution in [1.82, 2.24) is 0 Å². The van der Waals surface area contributed by atoms with Gasteiger partial charge in [-0.05, 0) is 36.4 Å². The Bertz CT molecular complexity index is 991. The summed E-state index contributed by atoms with van der Waals surface area (Å²) in [5.41, 5.74) is 0.832. The highest BCUT2D eigenvalue weighted by molar-refractivity contribution is 9.10. The molecule has 1 aliphatic rings. The third-order valence-electron chi connectivity index (χ3n) is 4.25. The van der Waals surface area contributed by atoms with Gasteiger partial charge >= 0.3 is 5.97 Å². The van der Waals surface area contributed by atoms with Crippen LogP contribution in [0.2, 0.25) is 0 Å². The van der Waals surface area contributed by atoms with Crippen LogP contribution in [0.4, 0.5) is 11.4 Å². The first kappa shape index (κ1) is 20.8. The number of aromatic carboxylic acids is 1. The van der Waals surface area contributed by atoms with Crippen LogP contribution < -0.4 is 14.4 Å². The minimum atomic E-state index is -3.97. The third-order valence-corrected chi connectivity index (χ3v) is 7.08. The van der Waals surface area contributed by atoms with Crippen LogP contribution in [-0.4, -0.2) is 51.2 Å². The lowest BCUT2D eigenvalue weighted by molar-refractivity contribution is 0.0697. The van der Waals surface area contributed by atoms with E-state index in [0.29, 0.717) is 10.2 Å². The van der Waals surface area contributed by atoms with Crippen molar-refractivity contribution in [2.75, 3.05) is 41.3 Å². The van der Waals surface area contributed by atoms with Gasteiger partial charge in [0.1, 0.15) is 10.6 Å². The number of carboxylic acids is 1. The van der Waals surface area contributed by atoms with Crippen molar-refractivity contribution in [3.8, 4) is 5.75 Å². The monoisotopic (exact) mass is 486 g/mol. The van der Waals surface area contributed by atoms with Gasteiger partial charge in [-0.1, -0.05) is 15.9 Å². The SMILES string of the molecule is COc1ccc(Br)cc1S(=O)(=O)Nc1ccc(N2CCSCC2)c(C(=O)O)c1. The molecule has 0 saturated carbocycles. The predicted molar refractivity (Wildman–Crippen MR) is 114 cm³/mol. The van der Waals surface area contributed by atoms with Crippen LogP contribution in [0, 0.1) is 0 Å². The summed E-state index contributed by atoms with van der Waals surface area (Å²) >= 11 is 5.08. The number of carboxylic acid groups (broad SMARTS) is 1. The summed E-state index contributed by atoms with van der Waals surface area (Å²) in [7, 11) is -2.59. The number of benzene rings is 2. The Morgan fingerprint density at radius 1 is 1.21 bits per heavy atom. The first-order valence-electron chi connectivity index (χ1n) is 8.38. The maximum absolute atomic E-state index is 12.8. The van der Waals surface area contributed by atoms with Crippen LogP contribution in [0.3, 0.4) is 0 Å². The molecule has 1 aliphatic heterocycles. The molecule has 150 valence electrons. The van der Waals surface area contributed by atoms with E-state index in [-0.39, 0.29) is 21.9 Å². The lowest BCUT2D eigenvalue weighted by atomic mass is 10.1. The fourth-order valence-electron chi connectivity index (χ4n) is 2.92. The van der Waals surface area contributed by atoms with Gasteiger partial charge in [-0.2, -0.15) is 11.8 Å². The number of nitrogens with one attached hydrogen (secondary N) is 1. The quantitative estimate of drug-likeness (QED) is 0.644. The Kier molecular flexibility index (Phi) is 6.41. The van der Waals surface area contributed by atoms with Crippen molar-refractivity contribution >= 4 is 55.1 Å². The van der Waals surface area contributed by atoms with Crippen LogP contribution in [0.1, 0.15) is 10.4 Å². The number of hydrogen-bond acceptors (Lipinski definition) is 6. The molecule has 2 aromatic carbocycles. The van der Waals surface area contributed by atoms with Gasteiger partial charge < -0.3 is 14.7 Å². The first-order valence-corrected chi connectivity index (χ1v) is 11.8. The highest BCUT2D eigenvalue weighted by Gasteiger charge is 2.23. The van der Waals surface area contributed by atoms with Gasteiger partial charge in [-0.15, -0.1) is 0 Å². The largest absolute Gasteiger partial charge is 0.495 e. The van der Waals surface area contributed by atoms with Gasteiger partial charge in [0, 0.05) is 34.8 Å². The molecular weight excluding hydrogens is 468 g/mol. The molecule has 0 radical (unpaired) electrons. The van der Waals surface area contributed by atoms with E-state index >= 15 is 0 Å². The van der Waals surface area contributed by atoms with Crippen LogP contribution in [0.5, 0.6) is 5.75 Å². The topological polar surface area (TPSA) is 95.9 Å². The van der Waals surface area contributed by atoms with Crippen LogP contribution in [0.25, 0.3) is 0 Å². The molecule has 10 heteroatoms. The van der Waals surface area contributed by atoms with Gasteiger partial charge in [0.15, 0.2) is 0 Å². The molecular formula is C18H19BrN2O5S2. The number of hydrogen-bond donors (Lipinski definition) is 2. The average molecular weight is 487 g/mol. The van der Waals surface area contributed by atoms with Crippen molar-refractivity contribution in [3.05, 3.63) is 46.4 Å². The van der Waals surface area contributed by atoms with Crippen LogP contribution in [-0.2, 0) is 10.0 Å². The number of carbonyl (C=O) groups is 1. The highest BCUT2D eigenvalue weighted by atomic mass is 79.9. The predicted octanol–water partition coefficient (Wildman–Crippen LogP) is 3.51. The smallest absolute Gasteiger partial charge is 0.337 e. The summed E-state index contributed by atoms with van der Waals surface area (Å²) in [5, 5.41) is 9.62. The lowest BCUT2D eigenvalue weighted by Gasteiger charge is -2.29. The molecule has 3 rings (SSSR count). The van der Waals surface area contributed by atoms with E-state index in [0.717, 1.165) is 24.6 Å². The van der Waals surface area contributed by atoms with E-state index in [1.54, 1.807) is 24.3 Å². The van der Waals surface area contributed by atoms with E-state index < -0.39 is 16.0 Å². The maximum atomic E-state index is 12.8. The van der Waals surface area contributed by atoms with Crippen LogP contribution >= 0.6 is 27.7 Å². The standard InChI is InChI=1S/C18H19BrN2O5S2/c1-26-16-5-2-12(19)10-17(16)28(24,25)20-13-3-4-15(14(11-13)18(22)23)21-6-8-27-9-7-21/h2-5,10-11,20H,6-9H2,1H3,(H,22,23). The molecule has 2 aromatic rings. The van der Waals surface area contributed by atoms with Gasteiger partial charge in [0.05, 0.1) is 18.4 Å². The van der Waals surface area contributed by atoms with E-state index in [2.05, 4.69) is 20.7 Å². The zero-order chi connectivity index (χ0) is 20.3. The number of ether oxygens (including phenoxy) is 1. The molecule has 0 aromatic heterocycles. The Balaban J connectivity index is 1.95. The number of nitrogens with zero attached hydrogens (tertiary/aromatic N) is 1. The molecule has 0 atom stereocenters. The van der Waals surface area contributed by atoms with Gasteiger partial charge in [0.2, 0.25) is 0 Å². The molecule has 0 spiro atoms. The number of thioether (sulfide) groups is 1. The summed E-state index contributed by atoms with van der Waals surface area (Å²) in [6.07, 6.45) is 0. The van der Waals surface area contributed by atoms with E-state index in [1.165, 1.54) is 19.2 Å². The normalized spacial score (nSPS) is 14.6. The summed E-state index contributed by atoms with van der Waals surface area (Å²) in [6.45, 7) is 1.51. The zero-order valence-electron chi connectivity index (χ0n) is 15.0. The average Bonchev–Trinajstić information content (AvgIpc) is 2.68. The molecule has 7 nitrogen and oxygen atoms in total. The molecule has 1 fully saturated rings. The van der Waals surface area contributed by atoms with Crippen molar-refractivity contribution in [2.45, 2.75) is 4.90 Å². The maximum Gasteiger partial charge on any atom is 0.337 e. The minimum Gasteiger partial charge on any atom is -0.495 e. The summed E-state index contributed by atoms with van der Waals surface area (Å²) in [6, 6.07) is 9.21. The van der Waals surface area contributed by atoms with E-state index in [9.17, 15) is 18.3 Å². The number of anilines is 2. The summed E-state index contributed by atoms with van der Waals surface area (Å²) in [4.78, 5) is 13.7. The fourth-order valence-corrected chi connectivity index (χ4v) is 5.58.